The SMILES string of the molecule is CO/N=C(\C(=O)N[C@@H]1C(=O)N2C(C(=O)O)=C(CC3CCCO3)CS[C@H]12)c1csc(NC(c2ccccc2)(c2ccccc2)c2ccccc2)n1. The van der Waals surface area contributed by atoms with Gasteiger partial charge in [0.1, 0.15) is 35.5 Å². The van der Waals surface area contributed by atoms with Crippen molar-refractivity contribution in [3.63, 3.8) is 0 Å². The lowest BCUT2D eigenvalue weighted by molar-refractivity contribution is -0.150. The van der Waals surface area contributed by atoms with Crippen LogP contribution in [0.25, 0.3) is 0 Å². The first-order valence-electron chi connectivity index (χ1n) is 16.2. The van der Waals surface area contributed by atoms with Gasteiger partial charge in [-0.3, -0.25) is 14.5 Å². The Kier molecular flexibility index (Phi) is 9.70. The molecular formula is C37H35N5O6S2. The van der Waals surface area contributed by atoms with Crippen molar-refractivity contribution in [3.05, 3.63) is 130 Å². The fourth-order valence-electron chi connectivity index (χ4n) is 6.81. The van der Waals surface area contributed by atoms with Gasteiger partial charge in [0, 0.05) is 17.7 Å². The number of nitrogens with one attached hydrogen (secondary N) is 2. The summed E-state index contributed by atoms with van der Waals surface area (Å²) in [5.74, 6) is -1.89. The highest BCUT2D eigenvalue weighted by atomic mass is 32.2. The monoisotopic (exact) mass is 709 g/mol. The van der Waals surface area contributed by atoms with E-state index in [1.54, 1.807) is 5.38 Å². The molecule has 7 rings (SSSR count). The number of aliphatic carboxylic acids is 1. The zero-order valence-electron chi connectivity index (χ0n) is 27.2. The number of rotatable bonds is 12. The molecule has 3 aliphatic rings. The van der Waals surface area contributed by atoms with Crippen LogP contribution in [0.2, 0.25) is 0 Å². The molecule has 2 amide bonds. The standard InChI is InChI=1S/C37H35N5O6S2/c1-47-41-29(32(43)39-30-33(44)42-31(35(45)46)23(21-49-34(30)42)20-27-18-11-19-48-27)28-22-50-36(38-28)40-37(24-12-5-2-6-13-24,25-14-7-3-8-15-25)26-16-9-4-10-17-26/h2-10,12-17,22,27,30,34H,11,18-21H2,1H3,(H,38,40)(H,39,43)(H,45,46)/b41-29-/t27?,30-,34-/m1/s1. The minimum Gasteiger partial charge on any atom is -0.477 e. The number of carbonyl (C=O) groups is 3. The number of carboxylic acids is 1. The summed E-state index contributed by atoms with van der Waals surface area (Å²) in [5.41, 5.74) is 2.94. The first-order chi connectivity index (χ1) is 24.4. The van der Waals surface area contributed by atoms with Crippen LogP contribution in [0.3, 0.4) is 0 Å². The number of hydrogen-bond donors (Lipinski definition) is 3. The first kappa shape index (κ1) is 33.5. The molecular weight excluding hydrogens is 675 g/mol. The Hall–Kier alpha value is -4.98. The van der Waals surface area contributed by atoms with E-state index in [0.717, 1.165) is 29.5 Å². The molecule has 0 radical (unpaired) electrons. The van der Waals surface area contributed by atoms with E-state index in [-0.39, 0.29) is 23.2 Å². The maximum atomic E-state index is 13.7. The highest BCUT2D eigenvalue weighted by molar-refractivity contribution is 8.00. The van der Waals surface area contributed by atoms with Crippen LogP contribution in [-0.4, -0.2) is 75.5 Å². The van der Waals surface area contributed by atoms with Gasteiger partial charge in [-0.2, -0.15) is 0 Å². The second kappa shape index (κ2) is 14.5. The summed E-state index contributed by atoms with van der Waals surface area (Å²) in [6, 6.07) is 29.3. The van der Waals surface area contributed by atoms with E-state index in [9.17, 15) is 19.5 Å². The van der Waals surface area contributed by atoms with Crippen LogP contribution in [0.1, 0.15) is 41.6 Å². The number of nitrogens with zero attached hydrogens (tertiary/aromatic N) is 3. The maximum absolute atomic E-state index is 13.7. The number of ether oxygens (including phenoxy) is 1. The zero-order chi connectivity index (χ0) is 34.7. The average molecular weight is 710 g/mol. The summed E-state index contributed by atoms with van der Waals surface area (Å²) in [6.07, 6.45) is 2.21. The molecule has 2 saturated heterocycles. The molecule has 13 heteroatoms. The first-order valence-corrected chi connectivity index (χ1v) is 18.2. The molecule has 4 heterocycles. The molecule has 0 spiro atoms. The van der Waals surface area contributed by atoms with Gasteiger partial charge in [-0.05, 0) is 41.5 Å². The van der Waals surface area contributed by atoms with Gasteiger partial charge >= 0.3 is 5.97 Å². The number of β-lactam (4-membered cyclic amide) rings is 1. The number of benzene rings is 3. The molecule has 50 heavy (non-hydrogen) atoms. The number of thiazole rings is 1. The van der Waals surface area contributed by atoms with E-state index in [1.165, 1.54) is 35.1 Å². The van der Waals surface area contributed by atoms with Gasteiger partial charge in [-0.1, -0.05) is 96.2 Å². The van der Waals surface area contributed by atoms with E-state index in [1.807, 2.05) is 54.6 Å². The average Bonchev–Trinajstić information content (AvgIpc) is 3.85. The Labute approximate surface area is 297 Å². The van der Waals surface area contributed by atoms with Crippen LogP contribution in [0.15, 0.2) is 113 Å². The van der Waals surface area contributed by atoms with Crippen molar-refractivity contribution in [2.45, 2.75) is 42.3 Å². The molecule has 1 unspecified atom stereocenters. The number of aromatic nitrogens is 1. The quantitative estimate of drug-likeness (QED) is 0.0783. The van der Waals surface area contributed by atoms with E-state index in [2.05, 4.69) is 52.2 Å². The summed E-state index contributed by atoms with van der Waals surface area (Å²) >= 11 is 2.73. The van der Waals surface area contributed by atoms with E-state index in [0.29, 0.717) is 29.5 Å². The Balaban J connectivity index is 1.14. The predicted molar refractivity (Wildman–Crippen MR) is 192 cm³/mol. The largest absolute Gasteiger partial charge is 0.477 e. The van der Waals surface area contributed by atoms with Crippen LogP contribution in [0.4, 0.5) is 5.13 Å². The van der Waals surface area contributed by atoms with E-state index in [4.69, 9.17) is 14.6 Å². The number of fused-ring (bicyclic) bond motifs is 1. The van der Waals surface area contributed by atoms with Crippen molar-refractivity contribution < 1.29 is 29.1 Å². The molecule has 3 atom stereocenters. The van der Waals surface area contributed by atoms with Crippen molar-refractivity contribution in [3.8, 4) is 0 Å². The summed E-state index contributed by atoms with van der Waals surface area (Å²) in [4.78, 5) is 50.6. The van der Waals surface area contributed by atoms with Gasteiger partial charge in [0.05, 0.1) is 6.10 Å². The molecule has 11 nitrogen and oxygen atoms in total. The van der Waals surface area contributed by atoms with Crippen LogP contribution >= 0.6 is 23.1 Å². The highest BCUT2D eigenvalue weighted by Crippen LogP contribution is 2.43. The Morgan fingerprint density at radius 3 is 2.18 bits per heavy atom. The summed E-state index contributed by atoms with van der Waals surface area (Å²) in [6.45, 7) is 0.655. The molecule has 3 aliphatic heterocycles. The van der Waals surface area contributed by atoms with E-state index >= 15 is 0 Å². The van der Waals surface area contributed by atoms with Gasteiger partial charge < -0.3 is 25.3 Å². The minimum atomic E-state index is -1.16. The molecule has 1 aromatic heterocycles. The Bertz CT molecular complexity index is 1830. The van der Waals surface area contributed by atoms with Crippen LogP contribution < -0.4 is 10.6 Å². The number of thioether (sulfide) groups is 1. The second-order valence-electron chi connectivity index (χ2n) is 12.1. The third-order valence-electron chi connectivity index (χ3n) is 9.09. The number of amides is 2. The normalized spacial score (nSPS) is 20.6. The highest BCUT2D eigenvalue weighted by Gasteiger charge is 2.54. The second-order valence-corrected chi connectivity index (χ2v) is 14.1. The van der Waals surface area contributed by atoms with Crippen molar-refractivity contribution in [2.75, 3.05) is 24.8 Å². The molecule has 2 fully saturated rings. The fourth-order valence-corrected chi connectivity index (χ4v) is 8.92. The molecule has 3 N–H and O–H groups in total. The lowest BCUT2D eigenvalue weighted by Gasteiger charge is -2.49. The van der Waals surface area contributed by atoms with Crippen molar-refractivity contribution in [2.24, 2.45) is 5.16 Å². The smallest absolute Gasteiger partial charge is 0.352 e. The molecule has 256 valence electrons. The van der Waals surface area contributed by atoms with Crippen molar-refractivity contribution in [1.29, 1.82) is 0 Å². The fraction of sp³-hybridized carbons (Fsp3) is 0.270. The third-order valence-corrected chi connectivity index (χ3v) is 11.2. The van der Waals surface area contributed by atoms with E-state index < -0.39 is 34.7 Å². The Morgan fingerprint density at radius 1 is 1.02 bits per heavy atom. The summed E-state index contributed by atoms with van der Waals surface area (Å²) in [5, 5.41) is 22.2. The molecule has 0 bridgehead atoms. The van der Waals surface area contributed by atoms with Crippen LogP contribution in [0.5, 0.6) is 0 Å². The molecule has 0 aliphatic carbocycles. The number of carbonyl (C=O) groups excluding carboxylic acids is 2. The minimum absolute atomic E-state index is 0.0144. The maximum Gasteiger partial charge on any atom is 0.352 e. The number of hydrogen-bond acceptors (Lipinski definition) is 10. The lowest BCUT2D eigenvalue weighted by atomic mass is 9.77. The molecule has 0 saturated carbocycles. The summed E-state index contributed by atoms with van der Waals surface area (Å²) < 4.78 is 5.72. The molecule has 3 aromatic carbocycles. The van der Waals surface area contributed by atoms with Crippen LogP contribution in [-0.2, 0) is 29.5 Å². The number of oxime groups is 1. The summed E-state index contributed by atoms with van der Waals surface area (Å²) in [7, 11) is 1.33. The number of anilines is 1. The van der Waals surface area contributed by atoms with Gasteiger partial charge in [0.25, 0.3) is 11.8 Å². The Morgan fingerprint density at radius 2 is 1.64 bits per heavy atom. The van der Waals surface area contributed by atoms with Crippen molar-refractivity contribution in [1.82, 2.24) is 15.2 Å². The van der Waals surface area contributed by atoms with Crippen molar-refractivity contribution >= 4 is 51.7 Å². The zero-order valence-corrected chi connectivity index (χ0v) is 28.8. The van der Waals surface area contributed by atoms with Gasteiger partial charge in [-0.15, -0.1) is 23.1 Å². The predicted octanol–water partition coefficient (Wildman–Crippen LogP) is 5.21. The third kappa shape index (κ3) is 6.28. The topological polar surface area (TPSA) is 142 Å². The lowest BCUT2D eigenvalue weighted by Crippen LogP contribution is -2.71. The van der Waals surface area contributed by atoms with Crippen LogP contribution in [0, 0.1) is 0 Å². The van der Waals surface area contributed by atoms with Gasteiger partial charge in [-0.25, -0.2) is 9.78 Å². The van der Waals surface area contributed by atoms with Gasteiger partial charge in [0.2, 0.25) is 0 Å². The number of carboxylic acid groups (broad SMARTS) is 1. The molecule has 4 aromatic rings. The van der Waals surface area contributed by atoms with Gasteiger partial charge in [0.15, 0.2) is 10.8 Å².